The Hall–Kier alpha value is -1.04. The Kier molecular flexibility index (Phi) is 4.35. The molecule has 0 bridgehead atoms. The molecule has 1 fully saturated rings. The van der Waals surface area contributed by atoms with Gasteiger partial charge in [-0.2, -0.15) is 0 Å². The normalized spacial score (nSPS) is 21.2. The summed E-state index contributed by atoms with van der Waals surface area (Å²) in [6, 6.07) is -0.557. The van der Waals surface area contributed by atoms with Gasteiger partial charge in [-0.1, -0.05) is 13.8 Å². The average Bonchev–Trinajstić information content (AvgIpc) is 2.19. The summed E-state index contributed by atoms with van der Waals surface area (Å²) in [7, 11) is 0. The Morgan fingerprint density at radius 2 is 2.19 bits per heavy atom. The second-order valence-corrected chi connectivity index (χ2v) is 5.53. The summed E-state index contributed by atoms with van der Waals surface area (Å²) < 4.78 is 0. The SMILES string of the molecule is CC(C)SCC(=O)N1CC(=O)NC(=O)C1C. The Labute approximate surface area is 98.9 Å². The third kappa shape index (κ3) is 3.23. The van der Waals surface area contributed by atoms with E-state index >= 15 is 0 Å². The molecular weight excluding hydrogens is 228 g/mol. The lowest BCUT2D eigenvalue weighted by molar-refractivity contribution is -0.148. The van der Waals surface area contributed by atoms with Crippen LogP contribution in [0, 0.1) is 0 Å². The fourth-order valence-corrected chi connectivity index (χ4v) is 1.98. The lowest BCUT2D eigenvalue weighted by Crippen LogP contribution is -2.59. The number of imide groups is 1. The summed E-state index contributed by atoms with van der Waals surface area (Å²) in [6.45, 7) is 5.59. The van der Waals surface area contributed by atoms with Gasteiger partial charge < -0.3 is 4.90 Å². The fraction of sp³-hybridized carbons (Fsp3) is 0.700. The third-order valence-corrected chi connectivity index (χ3v) is 3.36. The topological polar surface area (TPSA) is 66.5 Å². The van der Waals surface area contributed by atoms with Crippen molar-refractivity contribution in [3.8, 4) is 0 Å². The lowest BCUT2D eigenvalue weighted by atomic mass is 10.2. The van der Waals surface area contributed by atoms with Gasteiger partial charge in [-0.25, -0.2) is 0 Å². The summed E-state index contributed by atoms with van der Waals surface area (Å²) in [5.41, 5.74) is 0. The van der Waals surface area contributed by atoms with Crippen molar-refractivity contribution in [1.29, 1.82) is 0 Å². The summed E-state index contributed by atoms with van der Waals surface area (Å²) in [5.74, 6) is -0.665. The van der Waals surface area contributed by atoms with Gasteiger partial charge in [0.2, 0.25) is 17.7 Å². The van der Waals surface area contributed by atoms with Crippen molar-refractivity contribution in [3.63, 3.8) is 0 Å². The van der Waals surface area contributed by atoms with Crippen LogP contribution in [0.2, 0.25) is 0 Å². The van der Waals surface area contributed by atoms with Gasteiger partial charge in [-0.05, 0) is 12.2 Å². The van der Waals surface area contributed by atoms with Gasteiger partial charge in [-0.3, -0.25) is 19.7 Å². The molecule has 1 N–H and O–H groups in total. The maximum absolute atomic E-state index is 11.8. The van der Waals surface area contributed by atoms with Crippen LogP contribution < -0.4 is 5.32 Å². The van der Waals surface area contributed by atoms with E-state index in [2.05, 4.69) is 5.32 Å². The number of nitrogens with zero attached hydrogens (tertiary/aromatic N) is 1. The molecule has 1 rings (SSSR count). The van der Waals surface area contributed by atoms with Gasteiger partial charge in [0.05, 0.1) is 5.75 Å². The fourth-order valence-electron chi connectivity index (χ4n) is 1.34. The van der Waals surface area contributed by atoms with Gasteiger partial charge in [0, 0.05) is 0 Å². The van der Waals surface area contributed by atoms with E-state index in [0.717, 1.165) is 0 Å². The largest absolute Gasteiger partial charge is 0.321 e. The highest BCUT2D eigenvalue weighted by molar-refractivity contribution is 8.00. The zero-order valence-corrected chi connectivity index (χ0v) is 10.5. The minimum Gasteiger partial charge on any atom is -0.321 e. The molecular formula is C10H16N2O3S. The Morgan fingerprint density at radius 1 is 1.56 bits per heavy atom. The van der Waals surface area contributed by atoms with E-state index in [4.69, 9.17) is 0 Å². The van der Waals surface area contributed by atoms with E-state index in [9.17, 15) is 14.4 Å². The zero-order valence-electron chi connectivity index (χ0n) is 9.65. The third-order valence-electron chi connectivity index (χ3n) is 2.28. The van der Waals surface area contributed by atoms with Crippen LogP contribution in [0.1, 0.15) is 20.8 Å². The number of carbonyl (C=O) groups excluding carboxylic acids is 3. The first-order chi connectivity index (χ1) is 7.41. The molecule has 90 valence electrons. The van der Waals surface area contributed by atoms with Crippen molar-refractivity contribution in [3.05, 3.63) is 0 Å². The summed E-state index contributed by atoms with van der Waals surface area (Å²) >= 11 is 1.50. The van der Waals surface area contributed by atoms with Crippen LogP contribution in [0.4, 0.5) is 0 Å². The molecule has 0 aromatic carbocycles. The molecule has 3 amide bonds. The lowest BCUT2D eigenvalue weighted by Gasteiger charge is -2.31. The van der Waals surface area contributed by atoms with E-state index in [-0.39, 0.29) is 12.5 Å². The van der Waals surface area contributed by atoms with Crippen LogP contribution in [-0.2, 0) is 14.4 Å². The number of amides is 3. The number of piperazine rings is 1. The molecule has 0 spiro atoms. The molecule has 16 heavy (non-hydrogen) atoms. The van der Waals surface area contributed by atoms with Crippen molar-refractivity contribution in [2.45, 2.75) is 32.1 Å². The first kappa shape index (κ1) is 13.0. The number of nitrogens with one attached hydrogen (secondary N) is 1. The van der Waals surface area contributed by atoms with E-state index in [1.54, 1.807) is 6.92 Å². The van der Waals surface area contributed by atoms with Crippen molar-refractivity contribution in [2.24, 2.45) is 0 Å². The second-order valence-electron chi connectivity index (χ2n) is 3.97. The van der Waals surface area contributed by atoms with Crippen LogP contribution in [-0.4, -0.2) is 46.2 Å². The van der Waals surface area contributed by atoms with Crippen LogP contribution in [0.25, 0.3) is 0 Å². The predicted molar refractivity (Wildman–Crippen MR) is 61.9 cm³/mol. The minimum absolute atomic E-state index is 0.0234. The average molecular weight is 244 g/mol. The van der Waals surface area contributed by atoms with E-state index in [1.807, 2.05) is 13.8 Å². The number of thioether (sulfide) groups is 1. The van der Waals surface area contributed by atoms with Gasteiger partial charge in [-0.15, -0.1) is 11.8 Å². The summed E-state index contributed by atoms with van der Waals surface area (Å²) in [5, 5.41) is 2.56. The molecule has 1 heterocycles. The molecule has 0 aromatic heterocycles. The highest BCUT2D eigenvalue weighted by Crippen LogP contribution is 2.12. The molecule has 0 radical (unpaired) electrons. The van der Waals surface area contributed by atoms with Gasteiger partial charge >= 0.3 is 0 Å². The van der Waals surface area contributed by atoms with Crippen LogP contribution in [0.3, 0.4) is 0 Å². The Bertz CT molecular complexity index is 317. The molecule has 1 aliphatic rings. The Morgan fingerprint density at radius 3 is 2.75 bits per heavy atom. The zero-order chi connectivity index (χ0) is 12.3. The number of hydrogen-bond donors (Lipinski definition) is 1. The quantitative estimate of drug-likeness (QED) is 0.710. The van der Waals surface area contributed by atoms with Gasteiger partial charge in [0.15, 0.2) is 0 Å². The summed E-state index contributed by atoms with van der Waals surface area (Å²) in [4.78, 5) is 35.6. The molecule has 5 nitrogen and oxygen atoms in total. The van der Waals surface area contributed by atoms with Crippen LogP contribution in [0.5, 0.6) is 0 Å². The van der Waals surface area contributed by atoms with Gasteiger partial charge in [0.25, 0.3) is 0 Å². The van der Waals surface area contributed by atoms with E-state index < -0.39 is 17.9 Å². The van der Waals surface area contributed by atoms with E-state index in [1.165, 1.54) is 16.7 Å². The maximum Gasteiger partial charge on any atom is 0.249 e. The molecule has 1 unspecified atom stereocenters. The first-order valence-electron chi connectivity index (χ1n) is 5.16. The number of carbonyl (C=O) groups is 3. The molecule has 6 heteroatoms. The molecule has 0 saturated carbocycles. The van der Waals surface area contributed by atoms with Crippen LogP contribution >= 0.6 is 11.8 Å². The monoisotopic (exact) mass is 244 g/mol. The first-order valence-corrected chi connectivity index (χ1v) is 6.21. The molecule has 0 aliphatic carbocycles. The maximum atomic E-state index is 11.8. The predicted octanol–water partition coefficient (Wildman–Crippen LogP) is 0.00150. The summed E-state index contributed by atoms with van der Waals surface area (Å²) in [6.07, 6.45) is 0. The molecule has 1 aliphatic heterocycles. The van der Waals surface area contributed by atoms with Crippen molar-refractivity contribution < 1.29 is 14.4 Å². The molecule has 0 aromatic rings. The Balaban J connectivity index is 2.59. The van der Waals surface area contributed by atoms with Crippen molar-refractivity contribution in [2.75, 3.05) is 12.3 Å². The standard InChI is InChI=1S/C10H16N2O3S/c1-6(2)16-5-9(14)12-4-8(13)11-10(15)7(12)3/h6-7H,4-5H2,1-3H3,(H,11,13,15). The smallest absolute Gasteiger partial charge is 0.249 e. The molecule has 1 atom stereocenters. The second kappa shape index (κ2) is 5.34. The highest BCUT2D eigenvalue weighted by Gasteiger charge is 2.33. The molecule has 1 saturated heterocycles. The number of hydrogen-bond acceptors (Lipinski definition) is 4. The minimum atomic E-state index is -0.557. The van der Waals surface area contributed by atoms with Gasteiger partial charge in [0.1, 0.15) is 12.6 Å². The number of rotatable bonds is 3. The van der Waals surface area contributed by atoms with E-state index in [0.29, 0.717) is 11.0 Å². The highest BCUT2D eigenvalue weighted by atomic mass is 32.2. The van der Waals surface area contributed by atoms with Crippen molar-refractivity contribution in [1.82, 2.24) is 10.2 Å². The van der Waals surface area contributed by atoms with Crippen molar-refractivity contribution >= 4 is 29.5 Å². The van der Waals surface area contributed by atoms with Crippen LogP contribution in [0.15, 0.2) is 0 Å².